The van der Waals surface area contributed by atoms with Crippen molar-refractivity contribution in [2.24, 2.45) is 28.6 Å². The lowest BCUT2D eigenvalue weighted by Crippen LogP contribution is -2.48. The molecule has 0 heterocycles. The summed E-state index contributed by atoms with van der Waals surface area (Å²) in [7, 11) is 0. The number of hydrogen-bond acceptors (Lipinski definition) is 4. The minimum atomic E-state index is -0.765. The van der Waals surface area contributed by atoms with Crippen molar-refractivity contribution in [1.29, 1.82) is 0 Å². The topological polar surface area (TPSA) is 54.4 Å². The molecule has 0 saturated heterocycles. The molecule has 1 fully saturated rings. The molecule has 4 heteroatoms. The van der Waals surface area contributed by atoms with Crippen molar-refractivity contribution < 1.29 is 14.7 Å². The van der Waals surface area contributed by atoms with E-state index in [1.54, 1.807) is 11.8 Å². The zero-order valence-electron chi connectivity index (χ0n) is 18.4. The zero-order valence-corrected chi connectivity index (χ0v) is 19.2. The highest BCUT2D eigenvalue weighted by molar-refractivity contribution is 7.99. The van der Waals surface area contributed by atoms with Crippen LogP contribution in [0.3, 0.4) is 0 Å². The van der Waals surface area contributed by atoms with E-state index in [9.17, 15) is 14.7 Å². The number of carbonyl (C=O) groups is 2. The van der Waals surface area contributed by atoms with Gasteiger partial charge >= 0.3 is 0 Å². The Morgan fingerprint density at radius 2 is 1.83 bits per heavy atom. The van der Waals surface area contributed by atoms with E-state index in [4.69, 9.17) is 0 Å². The first-order chi connectivity index (χ1) is 14.2. The number of allylic oxidation sites excluding steroid dienone is 1. The summed E-state index contributed by atoms with van der Waals surface area (Å²) in [6.07, 6.45) is 6.03. The minimum Gasteiger partial charge on any atom is -0.388 e. The molecular formula is C26H34O3S. The molecule has 0 unspecified atom stereocenters. The number of fused-ring (bicyclic) bond motifs is 2. The molecule has 0 aliphatic heterocycles. The predicted molar refractivity (Wildman–Crippen MR) is 121 cm³/mol. The fraction of sp³-hybridized carbons (Fsp3) is 0.615. The van der Waals surface area contributed by atoms with Gasteiger partial charge in [0.25, 0.3) is 0 Å². The van der Waals surface area contributed by atoms with Crippen molar-refractivity contribution in [3.8, 4) is 0 Å². The molecular weight excluding hydrogens is 392 g/mol. The third-order valence-corrected chi connectivity index (χ3v) is 9.23. The lowest BCUT2D eigenvalue weighted by Gasteiger charge is -2.51. The summed E-state index contributed by atoms with van der Waals surface area (Å²) >= 11 is 1.69. The Kier molecular flexibility index (Phi) is 6.02. The minimum absolute atomic E-state index is 0.00693. The van der Waals surface area contributed by atoms with E-state index in [1.807, 2.05) is 24.3 Å². The summed E-state index contributed by atoms with van der Waals surface area (Å²) in [6.45, 7) is 6.58. The van der Waals surface area contributed by atoms with E-state index in [0.717, 1.165) is 24.2 Å². The second-order valence-corrected chi connectivity index (χ2v) is 11.5. The van der Waals surface area contributed by atoms with Crippen LogP contribution in [0.25, 0.3) is 0 Å². The first-order valence-electron chi connectivity index (χ1n) is 11.4. The molecule has 1 N–H and O–H groups in total. The quantitative estimate of drug-likeness (QED) is 0.652. The van der Waals surface area contributed by atoms with E-state index in [-0.39, 0.29) is 29.0 Å². The summed E-state index contributed by atoms with van der Waals surface area (Å²) in [5.74, 6) is 1.14. The van der Waals surface area contributed by atoms with Gasteiger partial charge in [0.1, 0.15) is 5.78 Å². The van der Waals surface area contributed by atoms with Gasteiger partial charge in [-0.2, -0.15) is 0 Å². The number of carbonyl (C=O) groups excluding carboxylic acids is 2. The Bertz CT molecular complexity index is 843. The molecule has 1 saturated carbocycles. The summed E-state index contributed by atoms with van der Waals surface area (Å²) in [6, 6.07) is 10.1. The monoisotopic (exact) mass is 426 g/mol. The highest BCUT2D eigenvalue weighted by Gasteiger charge is 2.52. The number of hydrogen-bond donors (Lipinski definition) is 1. The maximum Gasteiger partial charge on any atom is 0.165 e. The smallest absolute Gasteiger partial charge is 0.165 e. The largest absolute Gasteiger partial charge is 0.388 e. The number of ketones is 2. The SMILES string of the molecule is CC1(C)CCC[C@@]2(C)C(=O)CC[C@@H]3C=C(C(=O)[C@@H]3CSc3ccccc3)[C@H](O)C[C@H]12. The number of rotatable bonds is 3. The molecule has 0 radical (unpaired) electrons. The van der Waals surface area contributed by atoms with Crippen LogP contribution in [0.1, 0.15) is 59.3 Å². The highest BCUT2D eigenvalue weighted by Crippen LogP contribution is 2.55. The Labute approximate surface area is 184 Å². The number of aliphatic hydroxyl groups excluding tert-OH is 1. The fourth-order valence-corrected chi connectivity index (χ4v) is 7.39. The zero-order chi connectivity index (χ0) is 21.5. The second-order valence-electron chi connectivity index (χ2n) is 10.4. The van der Waals surface area contributed by atoms with Gasteiger partial charge in [0, 0.05) is 34.0 Å². The van der Waals surface area contributed by atoms with Crippen molar-refractivity contribution in [2.45, 2.75) is 70.3 Å². The van der Waals surface area contributed by atoms with E-state index in [2.05, 4.69) is 32.9 Å². The Morgan fingerprint density at radius 1 is 1.10 bits per heavy atom. The van der Waals surface area contributed by atoms with Crippen molar-refractivity contribution in [3.63, 3.8) is 0 Å². The molecule has 0 amide bonds. The van der Waals surface area contributed by atoms with Gasteiger partial charge in [0.2, 0.25) is 0 Å². The van der Waals surface area contributed by atoms with E-state index < -0.39 is 11.5 Å². The van der Waals surface area contributed by atoms with Crippen LogP contribution in [0.2, 0.25) is 0 Å². The van der Waals surface area contributed by atoms with Gasteiger partial charge < -0.3 is 5.11 Å². The molecule has 162 valence electrons. The summed E-state index contributed by atoms with van der Waals surface area (Å²) in [4.78, 5) is 27.9. The van der Waals surface area contributed by atoms with Gasteiger partial charge in [-0.25, -0.2) is 0 Å². The maximum atomic E-state index is 13.4. The Balaban J connectivity index is 1.59. The molecule has 1 aromatic carbocycles. The van der Waals surface area contributed by atoms with Crippen LogP contribution in [0.4, 0.5) is 0 Å². The number of aliphatic hydroxyl groups is 1. The second kappa shape index (κ2) is 8.27. The highest BCUT2D eigenvalue weighted by atomic mass is 32.2. The molecule has 0 aromatic heterocycles. The molecule has 0 spiro atoms. The van der Waals surface area contributed by atoms with Crippen molar-refractivity contribution in [1.82, 2.24) is 0 Å². The van der Waals surface area contributed by atoms with Crippen LogP contribution in [0.15, 0.2) is 46.9 Å². The maximum absolute atomic E-state index is 13.4. The average molecular weight is 427 g/mol. The summed E-state index contributed by atoms with van der Waals surface area (Å²) in [5.41, 5.74) is 0.210. The summed E-state index contributed by atoms with van der Waals surface area (Å²) < 4.78 is 0. The molecule has 3 aliphatic rings. The van der Waals surface area contributed by atoms with Crippen LogP contribution in [0.5, 0.6) is 0 Å². The van der Waals surface area contributed by atoms with Gasteiger partial charge in [-0.05, 0) is 55.1 Å². The van der Waals surface area contributed by atoms with E-state index in [0.29, 0.717) is 36.4 Å². The van der Waals surface area contributed by atoms with Gasteiger partial charge in [0.05, 0.1) is 6.10 Å². The third kappa shape index (κ3) is 3.93. The molecule has 1 aromatic rings. The van der Waals surface area contributed by atoms with Crippen LogP contribution in [0, 0.1) is 28.6 Å². The van der Waals surface area contributed by atoms with Crippen LogP contribution in [-0.4, -0.2) is 28.5 Å². The number of benzene rings is 1. The van der Waals surface area contributed by atoms with Crippen LogP contribution in [-0.2, 0) is 9.59 Å². The first kappa shape index (κ1) is 21.8. The average Bonchev–Trinajstić information content (AvgIpc) is 3.02. The predicted octanol–water partition coefficient (Wildman–Crippen LogP) is 5.47. The van der Waals surface area contributed by atoms with Crippen molar-refractivity contribution in [3.05, 3.63) is 42.0 Å². The number of thioether (sulfide) groups is 1. The lowest BCUT2D eigenvalue weighted by molar-refractivity contribution is -0.140. The van der Waals surface area contributed by atoms with Crippen molar-refractivity contribution in [2.75, 3.05) is 5.75 Å². The van der Waals surface area contributed by atoms with Crippen LogP contribution < -0.4 is 0 Å². The third-order valence-electron chi connectivity index (χ3n) is 8.09. The molecule has 3 aliphatic carbocycles. The Morgan fingerprint density at radius 3 is 2.57 bits per heavy atom. The van der Waals surface area contributed by atoms with Gasteiger partial charge in [-0.1, -0.05) is 51.5 Å². The van der Waals surface area contributed by atoms with E-state index in [1.165, 1.54) is 0 Å². The van der Waals surface area contributed by atoms with Gasteiger partial charge in [-0.3, -0.25) is 9.59 Å². The lowest BCUT2D eigenvalue weighted by atomic mass is 9.53. The fourth-order valence-electron chi connectivity index (χ4n) is 6.27. The van der Waals surface area contributed by atoms with Crippen LogP contribution >= 0.6 is 11.8 Å². The van der Waals surface area contributed by atoms with E-state index >= 15 is 0 Å². The molecule has 30 heavy (non-hydrogen) atoms. The normalized spacial score (nSPS) is 36.2. The molecule has 3 nitrogen and oxygen atoms in total. The first-order valence-corrected chi connectivity index (χ1v) is 12.4. The summed E-state index contributed by atoms with van der Waals surface area (Å²) in [5, 5.41) is 11.2. The number of Topliss-reactive ketones (excluding diaryl/α,β-unsaturated/α-hetero) is 2. The van der Waals surface area contributed by atoms with Gasteiger partial charge in [-0.15, -0.1) is 11.8 Å². The molecule has 5 atom stereocenters. The molecule has 4 rings (SSSR count). The van der Waals surface area contributed by atoms with Crippen molar-refractivity contribution >= 4 is 23.3 Å². The Hall–Kier alpha value is -1.39. The standard InChI is InChI=1S/C26H34O3S/c1-25(2)12-7-13-26(3)22(25)15-21(27)19-14-17(10-11-23(26)28)20(24(19)29)16-30-18-8-5-4-6-9-18/h4-6,8-9,14,17,20-22,27H,7,10-13,15-16H2,1-3H3/t17-,20-,21-,22-,26-/m1/s1. The molecule has 2 bridgehead atoms. The van der Waals surface area contributed by atoms with Gasteiger partial charge in [0.15, 0.2) is 5.78 Å².